The van der Waals surface area contributed by atoms with Crippen LogP contribution >= 0.6 is 0 Å². The molecule has 0 bridgehead atoms. The van der Waals surface area contributed by atoms with Crippen molar-refractivity contribution < 1.29 is 19.0 Å². The second-order valence-corrected chi connectivity index (χ2v) is 6.74. The SMILES string of the molecule is CCNC(=NCC(C)(O)c1ccc(C)o1)NCCc1ccc2c(c1)OCO2. The Kier molecular flexibility index (Phi) is 5.91. The van der Waals surface area contributed by atoms with E-state index >= 15 is 0 Å². The van der Waals surface area contributed by atoms with E-state index in [1.165, 1.54) is 0 Å². The number of rotatable bonds is 7. The van der Waals surface area contributed by atoms with Gasteiger partial charge in [0.1, 0.15) is 17.1 Å². The van der Waals surface area contributed by atoms with Gasteiger partial charge in [-0.2, -0.15) is 0 Å². The molecule has 0 aliphatic carbocycles. The monoisotopic (exact) mass is 373 g/mol. The number of aryl methyl sites for hydroxylation is 1. The summed E-state index contributed by atoms with van der Waals surface area (Å²) >= 11 is 0. The largest absolute Gasteiger partial charge is 0.463 e. The zero-order valence-electron chi connectivity index (χ0n) is 16.0. The van der Waals surface area contributed by atoms with E-state index < -0.39 is 5.60 Å². The first kappa shape index (κ1) is 19.1. The van der Waals surface area contributed by atoms with Crippen LogP contribution in [0, 0.1) is 6.92 Å². The predicted octanol–water partition coefficient (Wildman–Crippen LogP) is 2.32. The summed E-state index contributed by atoms with van der Waals surface area (Å²) in [7, 11) is 0. The number of aliphatic hydroxyl groups is 1. The van der Waals surface area contributed by atoms with E-state index in [9.17, 15) is 5.11 Å². The molecule has 3 rings (SSSR count). The smallest absolute Gasteiger partial charge is 0.231 e. The fraction of sp³-hybridized carbons (Fsp3) is 0.450. The van der Waals surface area contributed by atoms with E-state index in [0.29, 0.717) is 18.3 Å². The number of hydrogen-bond acceptors (Lipinski definition) is 5. The number of ether oxygens (including phenoxy) is 2. The van der Waals surface area contributed by atoms with Crippen molar-refractivity contribution in [2.24, 2.45) is 4.99 Å². The molecule has 0 saturated carbocycles. The summed E-state index contributed by atoms with van der Waals surface area (Å²) in [5, 5.41) is 17.1. The van der Waals surface area contributed by atoms with Gasteiger partial charge >= 0.3 is 0 Å². The fourth-order valence-corrected chi connectivity index (χ4v) is 2.80. The molecule has 1 aromatic carbocycles. The van der Waals surface area contributed by atoms with Crippen molar-refractivity contribution in [1.82, 2.24) is 10.6 Å². The Hall–Kier alpha value is -2.67. The molecule has 3 N–H and O–H groups in total. The van der Waals surface area contributed by atoms with Crippen LogP contribution in [0.4, 0.5) is 0 Å². The number of guanidine groups is 1. The highest BCUT2D eigenvalue weighted by Gasteiger charge is 2.26. The molecule has 1 unspecified atom stereocenters. The van der Waals surface area contributed by atoms with Gasteiger partial charge in [0, 0.05) is 13.1 Å². The molecule has 1 aliphatic heterocycles. The molecule has 0 fully saturated rings. The summed E-state index contributed by atoms with van der Waals surface area (Å²) in [4.78, 5) is 4.50. The number of nitrogens with zero attached hydrogens (tertiary/aromatic N) is 1. The first-order valence-corrected chi connectivity index (χ1v) is 9.18. The van der Waals surface area contributed by atoms with E-state index in [-0.39, 0.29) is 13.3 Å². The van der Waals surface area contributed by atoms with Gasteiger partial charge in [0.15, 0.2) is 17.5 Å². The van der Waals surface area contributed by atoms with Gasteiger partial charge in [-0.1, -0.05) is 6.07 Å². The summed E-state index contributed by atoms with van der Waals surface area (Å²) in [5.74, 6) is 3.51. The average Bonchev–Trinajstić information content (AvgIpc) is 3.28. The van der Waals surface area contributed by atoms with Crippen molar-refractivity contribution in [1.29, 1.82) is 0 Å². The van der Waals surface area contributed by atoms with Crippen LogP contribution in [0.1, 0.15) is 30.9 Å². The van der Waals surface area contributed by atoms with Crippen molar-refractivity contribution in [3.63, 3.8) is 0 Å². The summed E-state index contributed by atoms with van der Waals surface area (Å²) < 4.78 is 16.3. The molecule has 1 aliphatic rings. The number of benzene rings is 1. The second-order valence-electron chi connectivity index (χ2n) is 6.74. The van der Waals surface area contributed by atoms with E-state index in [0.717, 1.165) is 35.8 Å². The van der Waals surface area contributed by atoms with E-state index in [2.05, 4.69) is 15.6 Å². The highest BCUT2D eigenvalue weighted by atomic mass is 16.7. The lowest BCUT2D eigenvalue weighted by molar-refractivity contribution is 0.0428. The van der Waals surface area contributed by atoms with Crippen LogP contribution in [0.15, 0.2) is 39.7 Å². The molecule has 27 heavy (non-hydrogen) atoms. The predicted molar refractivity (Wildman–Crippen MR) is 103 cm³/mol. The van der Waals surface area contributed by atoms with Gasteiger partial charge in [-0.05, 0) is 57.0 Å². The molecule has 7 nitrogen and oxygen atoms in total. The maximum Gasteiger partial charge on any atom is 0.231 e. The third kappa shape index (κ3) is 4.95. The number of fused-ring (bicyclic) bond motifs is 1. The standard InChI is InChI=1S/C20H27N3O4/c1-4-21-19(23-12-20(3,24)18-8-5-14(2)27-18)22-10-9-15-6-7-16-17(11-15)26-13-25-16/h5-8,11,24H,4,9-10,12-13H2,1-3H3,(H2,21,22,23). The molecule has 0 amide bonds. The molecule has 1 atom stereocenters. The van der Waals surface area contributed by atoms with Crippen LogP contribution in [-0.4, -0.2) is 37.5 Å². The molecule has 146 valence electrons. The second kappa shape index (κ2) is 8.35. The normalized spacial score (nSPS) is 15.5. The maximum atomic E-state index is 10.6. The fourth-order valence-electron chi connectivity index (χ4n) is 2.80. The molecule has 2 aromatic rings. The summed E-state index contributed by atoms with van der Waals surface area (Å²) in [6, 6.07) is 9.58. The Morgan fingerprint density at radius 3 is 2.74 bits per heavy atom. The quantitative estimate of drug-likeness (QED) is 0.510. The van der Waals surface area contributed by atoms with Crippen LogP contribution in [-0.2, 0) is 12.0 Å². The molecule has 0 spiro atoms. The lowest BCUT2D eigenvalue weighted by Crippen LogP contribution is -2.39. The lowest BCUT2D eigenvalue weighted by Gasteiger charge is -2.19. The van der Waals surface area contributed by atoms with Gasteiger partial charge in [0.05, 0.1) is 6.54 Å². The van der Waals surface area contributed by atoms with Gasteiger partial charge in [0.2, 0.25) is 6.79 Å². The van der Waals surface area contributed by atoms with Gasteiger partial charge < -0.3 is 29.6 Å². The Morgan fingerprint density at radius 1 is 1.19 bits per heavy atom. The number of nitrogens with one attached hydrogen (secondary N) is 2. The van der Waals surface area contributed by atoms with Crippen LogP contribution in [0.5, 0.6) is 11.5 Å². The molecule has 0 saturated heterocycles. The average molecular weight is 373 g/mol. The first-order chi connectivity index (χ1) is 13.0. The molecule has 2 heterocycles. The molecule has 0 radical (unpaired) electrons. The van der Waals surface area contributed by atoms with Crippen molar-refractivity contribution in [3.8, 4) is 11.5 Å². The number of aliphatic imine (C=N–C) groups is 1. The van der Waals surface area contributed by atoms with Crippen molar-refractivity contribution in [3.05, 3.63) is 47.4 Å². The Morgan fingerprint density at radius 2 is 2.00 bits per heavy atom. The van der Waals surface area contributed by atoms with E-state index in [1.54, 1.807) is 13.0 Å². The maximum absolute atomic E-state index is 10.6. The number of hydrogen-bond donors (Lipinski definition) is 3. The summed E-state index contributed by atoms with van der Waals surface area (Å²) in [6.45, 7) is 7.46. The summed E-state index contributed by atoms with van der Waals surface area (Å²) in [5.41, 5.74) is -0.00541. The lowest BCUT2D eigenvalue weighted by atomic mass is 10.0. The third-order valence-electron chi connectivity index (χ3n) is 4.30. The van der Waals surface area contributed by atoms with Crippen molar-refractivity contribution in [2.75, 3.05) is 26.4 Å². The minimum absolute atomic E-state index is 0.194. The van der Waals surface area contributed by atoms with Crippen LogP contribution in [0.25, 0.3) is 0 Å². The van der Waals surface area contributed by atoms with Crippen molar-refractivity contribution >= 4 is 5.96 Å². The first-order valence-electron chi connectivity index (χ1n) is 9.18. The van der Waals surface area contributed by atoms with Crippen LogP contribution in [0.3, 0.4) is 0 Å². The minimum atomic E-state index is -1.16. The van der Waals surface area contributed by atoms with E-state index in [4.69, 9.17) is 13.9 Å². The van der Waals surface area contributed by atoms with Gasteiger partial charge in [-0.15, -0.1) is 0 Å². The Bertz CT molecular complexity index is 798. The molecular formula is C20H27N3O4. The highest BCUT2D eigenvalue weighted by Crippen LogP contribution is 2.32. The molecule has 1 aromatic heterocycles. The van der Waals surface area contributed by atoms with Gasteiger partial charge in [-0.3, -0.25) is 0 Å². The van der Waals surface area contributed by atoms with Crippen LogP contribution < -0.4 is 20.1 Å². The topological polar surface area (TPSA) is 88.3 Å². The van der Waals surface area contributed by atoms with Crippen molar-refractivity contribution in [2.45, 2.75) is 32.8 Å². The molecular weight excluding hydrogens is 346 g/mol. The third-order valence-corrected chi connectivity index (χ3v) is 4.30. The molecule has 7 heteroatoms. The van der Waals surface area contributed by atoms with Gasteiger partial charge in [-0.25, -0.2) is 4.99 Å². The highest BCUT2D eigenvalue weighted by molar-refractivity contribution is 5.79. The zero-order valence-corrected chi connectivity index (χ0v) is 16.0. The summed E-state index contributed by atoms with van der Waals surface area (Å²) in [6.07, 6.45) is 0.814. The zero-order chi connectivity index (χ0) is 19.3. The van der Waals surface area contributed by atoms with E-state index in [1.807, 2.05) is 38.1 Å². The van der Waals surface area contributed by atoms with Crippen LogP contribution in [0.2, 0.25) is 0 Å². The Labute approximate surface area is 159 Å². The Balaban J connectivity index is 1.56. The number of furan rings is 1. The minimum Gasteiger partial charge on any atom is -0.463 e. The van der Waals surface area contributed by atoms with Gasteiger partial charge in [0.25, 0.3) is 0 Å².